The van der Waals surface area contributed by atoms with Gasteiger partial charge in [-0.15, -0.1) is 0 Å². The standard InChI is InChI=1S/C25H29N3O2/c1-17-21(23(30)28-24(27-17)25(2,3)4)22(29)26-16-15-20(18-11-7-5-8-12-18)19-13-9-6-10-14-19/h5-14,20H,15-16H2,1-4H3,(H,26,29)(H,27,28,30). The number of carbonyl (C=O) groups is 1. The highest BCUT2D eigenvalue weighted by Gasteiger charge is 2.22. The molecule has 0 aliphatic heterocycles. The number of carbonyl (C=O) groups excluding carboxylic acids is 1. The minimum Gasteiger partial charge on any atom is -0.352 e. The third-order valence-corrected chi connectivity index (χ3v) is 5.16. The topological polar surface area (TPSA) is 74.8 Å². The van der Waals surface area contributed by atoms with Gasteiger partial charge in [-0.1, -0.05) is 81.4 Å². The third kappa shape index (κ3) is 5.03. The number of amides is 1. The van der Waals surface area contributed by atoms with Crippen LogP contribution in [0.2, 0.25) is 0 Å². The second kappa shape index (κ2) is 9.08. The summed E-state index contributed by atoms with van der Waals surface area (Å²) in [4.78, 5) is 32.5. The minimum absolute atomic E-state index is 0.0824. The number of nitrogens with zero attached hydrogens (tertiary/aromatic N) is 1. The quantitative estimate of drug-likeness (QED) is 0.643. The van der Waals surface area contributed by atoms with Crippen molar-refractivity contribution in [3.63, 3.8) is 0 Å². The number of aromatic nitrogens is 2. The zero-order valence-corrected chi connectivity index (χ0v) is 18.0. The van der Waals surface area contributed by atoms with E-state index in [0.717, 1.165) is 6.42 Å². The normalized spacial score (nSPS) is 11.5. The van der Waals surface area contributed by atoms with Crippen LogP contribution < -0.4 is 10.9 Å². The molecule has 5 nitrogen and oxygen atoms in total. The molecule has 0 radical (unpaired) electrons. The van der Waals surface area contributed by atoms with E-state index in [-0.39, 0.29) is 22.8 Å². The Kier molecular flexibility index (Phi) is 6.50. The Morgan fingerprint density at radius 2 is 1.53 bits per heavy atom. The third-order valence-electron chi connectivity index (χ3n) is 5.16. The van der Waals surface area contributed by atoms with Crippen LogP contribution >= 0.6 is 0 Å². The highest BCUT2D eigenvalue weighted by atomic mass is 16.2. The van der Waals surface area contributed by atoms with Gasteiger partial charge >= 0.3 is 0 Å². The fraction of sp³-hybridized carbons (Fsp3) is 0.320. The predicted octanol–water partition coefficient (Wildman–Crippen LogP) is 4.33. The van der Waals surface area contributed by atoms with Crippen molar-refractivity contribution in [2.24, 2.45) is 0 Å². The molecule has 0 unspecified atom stereocenters. The van der Waals surface area contributed by atoms with Gasteiger partial charge in [-0.05, 0) is 24.5 Å². The summed E-state index contributed by atoms with van der Waals surface area (Å²) in [6.45, 7) is 8.07. The second-order valence-corrected chi connectivity index (χ2v) is 8.54. The van der Waals surface area contributed by atoms with Gasteiger partial charge in [0, 0.05) is 17.9 Å². The molecule has 2 aromatic carbocycles. The van der Waals surface area contributed by atoms with E-state index in [9.17, 15) is 9.59 Å². The van der Waals surface area contributed by atoms with Gasteiger partial charge < -0.3 is 10.3 Å². The first-order valence-corrected chi connectivity index (χ1v) is 10.3. The first-order valence-electron chi connectivity index (χ1n) is 10.3. The molecule has 0 saturated heterocycles. The van der Waals surface area contributed by atoms with Crippen LogP contribution in [0.1, 0.15) is 66.1 Å². The molecular formula is C25H29N3O2. The molecule has 156 valence electrons. The van der Waals surface area contributed by atoms with Gasteiger partial charge in [0.15, 0.2) is 0 Å². The maximum Gasteiger partial charge on any atom is 0.264 e. The molecule has 3 aromatic rings. The highest BCUT2D eigenvalue weighted by Crippen LogP contribution is 2.27. The van der Waals surface area contributed by atoms with Gasteiger partial charge in [-0.25, -0.2) is 4.98 Å². The monoisotopic (exact) mass is 403 g/mol. The molecule has 0 spiro atoms. The van der Waals surface area contributed by atoms with Crippen molar-refractivity contribution in [1.29, 1.82) is 0 Å². The van der Waals surface area contributed by atoms with Gasteiger partial charge in [0.05, 0.1) is 5.69 Å². The van der Waals surface area contributed by atoms with E-state index in [4.69, 9.17) is 0 Å². The first-order chi connectivity index (χ1) is 14.3. The van der Waals surface area contributed by atoms with E-state index >= 15 is 0 Å². The van der Waals surface area contributed by atoms with E-state index in [2.05, 4.69) is 39.6 Å². The van der Waals surface area contributed by atoms with Crippen molar-refractivity contribution in [2.45, 2.75) is 45.4 Å². The van der Waals surface area contributed by atoms with Gasteiger partial charge in [-0.2, -0.15) is 0 Å². The molecular weight excluding hydrogens is 374 g/mol. The summed E-state index contributed by atoms with van der Waals surface area (Å²) in [5, 5.41) is 2.91. The zero-order chi connectivity index (χ0) is 21.7. The lowest BCUT2D eigenvalue weighted by Crippen LogP contribution is -2.34. The molecule has 1 aromatic heterocycles. The van der Waals surface area contributed by atoms with Crippen LogP contribution in [0.15, 0.2) is 65.5 Å². The number of aromatic amines is 1. The Morgan fingerprint density at radius 1 is 1.00 bits per heavy atom. The largest absolute Gasteiger partial charge is 0.352 e. The maximum atomic E-state index is 12.7. The first kappa shape index (κ1) is 21.5. The summed E-state index contributed by atoms with van der Waals surface area (Å²) < 4.78 is 0. The number of hydrogen-bond acceptors (Lipinski definition) is 3. The van der Waals surface area contributed by atoms with Gasteiger partial charge in [-0.3, -0.25) is 9.59 Å². The lowest BCUT2D eigenvalue weighted by molar-refractivity contribution is 0.0950. The van der Waals surface area contributed by atoms with Crippen LogP contribution in [-0.4, -0.2) is 22.4 Å². The Bertz CT molecular complexity index is 1010. The molecule has 0 fully saturated rings. The van der Waals surface area contributed by atoms with E-state index in [1.54, 1.807) is 6.92 Å². The lowest BCUT2D eigenvalue weighted by atomic mass is 9.88. The molecule has 1 amide bonds. The van der Waals surface area contributed by atoms with Crippen molar-refractivity contribution in [3.8, 4) is 0 Å². The molecule has 1 heterocycles. The smallest absolute Gasteiger partial charge is 0.264 e. The van der Waals surface area contributed by atoms with Crippen molar-refractivity contribution < 1.29 is 4.79 Å². The maximum absolute atomic E-state index is 12.7. The number of rotatable bonds is 6. The van der Waals surface area contributed by atoms with Crippen molar-refractivity contribution >= 4 is 5.91 Å². The van der Waals surface area contributed by atoms with Crippen LogP contribution in [-0.2, 0) is 5.41 Å². The molecule has 0 bridgehead atoms. The summed E-state index contributed by atoms with van der Waals surface area (Å²) in [7, 11) is 0. The SMILES string of the molecule is Cc1nc(C(C)(C)C)[nH]c(=O)c1C(=O)NCCC(c1ccccc1)c1ccccc1. The Morgan fingerprint density at radius 3 is 2.00 bits per heavy atom. The lowest BCUT2D eigenvalue weighted by Gasteiger charge is -2.19. The molecule has 5 heteroatoms. The molecule has 0 atom stereocenters. The Balaban J connectivity index is 1.75. The van der Waals surface area contributed by atoms with Gasteiger partial charge in [0.1, 0.15) is 11.4 Å². The minimum atomic E-state index is -0.396. The molecule has 0 aliphatic rings. The second-order valence-electron chi connectivity index (χ2n) is 8.54. The molecule has 3 rings (SSSR count). The predicted molar refractivity (Wildman–Crippen MR) is 120 cm³/mol. The fourth-order valence-electron chi connectivity index (χ4n) is 3.52. The van der Waals surface area contributed by atoms with Crippen molar-refractivity contribution in [2.75, 3.05) is 6.54 Å². The molecule has 0 aliphatic carbocycles. The highest BCUT2D eigenvalue weighted by molar-refractivity contribution is 5.94. The fourth-order valence-corrected chi connectivity index (χ4v) is 3.52. The molecule has 30 heavy (non-hydrogen) atoms. The number of aryl methyl sites for hydroxylation is 1. The Hall–Kier alpha value is -3.21. The average Bonchev–Trinajstić information content (AvgIpc) is 2.71. The van der Waals surface area contributed by atoms with Crippen molar-refractivity contribution in [3.05, 3.63) is 99.2 Å². The van der Waals surface area contributed by atoms with E-state index < -0.39 is 5.56 Å². The van der Waals surface area contributed by atoms with Crippen molar-refractivity contribution in [1.82, 2.24) is 15.3 Å². The van der Waals surface area contributed by atoms with Gasteiger partial charge in [0.25, 0.3) is 11.5 Å². The summed E-state index contributed by atoms with van der Waals surface area (Å²) in [5.41, 5.74) is 2.24. The Labute approximate surface area is 177 Å². The summed E-state index contributed by atoms with van der Waals surface area (Å²) >= 11 is 0. The van der Waals surface area contributed by atoms with Crippen LogP contribution in [0.25, 0.3) is 0 Å². The summed E-state index contributed by atoms with van der Waals surface area (Å²) in [6.07, 6.45) is 0.726. The van der Waals surface area contributed by atoms with Crippen LogP contribution in [0, 0.1) is 6.92 Å². The summed E-state index contributed by atoms with van der Waals surface area (Å²) in [5.74, 6) is 0.352. The van der Waals surface area contributed by atoms with E-state index in [0.29, 0.717) is 18.1 Å². The van der Waals surface area contributed by atoms with Gasteiger partial charge in [0.2, 0.25) is 0 Å². The molecule has 2 N–H and O–H groups in total. The number of hydrogen-bond donors (Lipinski definition) is 2. The van der Waals surface area contributed by atoms with Crippen LogP contribution in [0.3, 0.4) is 0 Å². The van der Waals surface area contributed by atoms with E-state index in [1.807, 2.05) is 57.2 Å². The average molecular weight is 404 g/mol. The number of benzene rings is 2. The number of nitrogens with one attached hydrogen (secondary N) is 2. The van der Waals surface area contributed by atoms with Crippen LogP contribution in [0.5, 0.6) is 0 Å². The summed E-state index contributed by atoms with van der Waals surface area (Å²) in [6, 6.07) is 20.5. The van der Waals surface area contributed by atoms with Crippen LogP contribution in [0.4, 0.5) is 0 Å². The van der Waals surface area contributed by atoms with E-state index in [1.165, 1.54) is 11.1 Å². The molecule has 0 saturated carbocycles. The number of H-pyrrole nitrogens is 1. The zero-order valence-electron chi connectivity index (χ0n) is 18.0.